The summed E-state index contributed by atoms with van der Waals surface area (Å²) >= 11 is 0. The molecule has 0 radical (unpaired) electrons. The van der Waals surface area contributed by atoms with E-state index in [1.54, 1.807) is 6.92 Å². The molecule has 0 aromatic heterocycles. The van der Waals surface area contributed by atoms with Crippen LogP contribution in [-0.4, -0.2) is 38.4 Å². The van der Waals surface area contributed by atoms with Crippen molar-refractivity contribution in [1.29, 1.82) is 0 Å². The van der Waals surface area contributed by atoms with Crippen molar-refractivity contribution in [1.82, 2.24) is 5.32 Å². The molecule has 1 aliphatic rings. The van der Waals surface area contributed by atoms with Crippen molar-refractivity contribution in [2.24, 2.45) is 0 Å². The van der Waals surface area contributed by atoms with Gasteiger partial charge >= 0.3 is 5.97 Å². The molecule has 0 aromatic rings. The van der Waals surface area contributed by atoms with Gasteiger partial charge in [0.25, 0.3) is 0 Å². The van der Waals surface area contributed by atoms with Gasteiger partial charge in [-0.3, -0.25) is 0 Å². The highest BCUT2D eigenvalue weighted by atomic mass is 35.5. The topological polar surface area (TPSA) is 47.6 Å². The zero-order valence-electron chi connectivity index (χ0n) is 7.25. The lowest BCUT2D eigenvalue weighted by atomic mass is 10.1. The van der Waals surface area contributed by atoms with Crippen LogP contribution in [0.1, 0.15) is 6.92 Å². The smallest absolute Gasteiger partial charge is 0.339 e. The molecule has 0 bridgehead atoms. The molecule has 1 aliphatic heterocycles. The zero-order valence-corrected chi connectivity index (χ0v) is 8.07. The van der Waals surface area contributed by atoms with Crippen LogP contribution in [0.25, 0.3) is 0 Å². The average Bonchev–Trinajstić information content (AvgIpc) is 2.04. The van der Waals surface area contributed by atoms with E-state index in [2.05, 4.69) is 10.1 Å². The molecular weight excluding hydrogens is 182 g/mol. The van der Waals surface area contributed by atoms with Crippen LogP contribution in [0.15, 0.2) is 0 Å². The molecule has 1 saturated heterocycles. The summed E-state index contributed by atoms with van der Waals surface area (Å²) in [4.78, 5) is 11.1. The molecule has 4 nitrogen and oxygen atoms in total. The van der Waals surface area contributed by atoms with Crippen molar-refractivity contribution >= 4 is 18.4 Å². The van der Waals surface area contributed by atoms with E-state index in [1.807, 2.05) is 0 Å². The Hall–Kier alpha value is -0.320. The minimum Gasteiger partial charge on any atom is -0.467 e. The number of rotatable bonds is 1. The van der Waals surface area contributed by atoms with Crippen LogP contribution in [0, 0.1) is 0 Å². The van der Waals surface area contributed by atoms with Crippen molar-refractivity contribution in [3.63, 3.8) is 0 Å². The monoisotopic (exact) mass is 195 g/mol. The Labute approximate surface area is 78.0 Å². The van der Waals surface area contributed by atoms with Gasteiger partial charge in [0.05, 0.1) is 13.7 Å². The van der Waals surface area contributed by atoms with Gasteiger partial charge in [0.1, 0.15) is 0 Å². The lowest BCUT2D eigenvalue weighted by molar-refractivity contribution is -0.170. The highest BCUT2D eigenvalue weighted by molar-refractivity contribution is 5.85. The lowest BCUT2D eigenvalue weighted by Crippen LogP contribution is -2.53. The largest absolute Gasteiger partial charge is 0.467 e. The minimum atomic E-state index is -0.785. The molecule has 1 fully saturated rings. The van der Waals surface area contributed by atoms with Crippen LogP contribution < -0.4 is 5.32 Å². The van der Waals surface area contributed by atoms with Gasteiger partial charge < -0.3 is 14.8 Å². The fourth-order valence-corrected chi connectivity index (χ4v) is 1.07. The number of carbonyl (C=O) groups excluding carboxylic acids is 1. The Morgan fingerprint density at radius 2 is 2.33 bits per heavy atom. The Morgan fingerprint density at radius 3 is 2.75 bits per heavy atom. The van der Waals surface area contributed by atoms with Crippen LogP contribution in [0.5, 0.6) is 0 Å². The summed E-state index contributed by atoms with van der Waals surface area (Å²) in [7, 11) is 1.37. The Morgan fingerprint density at radius 1 is 1.67 bits per heavy atom. The maximum Gasteiger partial charge on any atom is 0.339 e. The molecule has 1 heterocycles. The highest BCUT2D eigenvalue weighted by Gasteiger charge is 2.36. The van der Waals surface area contributed by atoms with E-state index in [0.29, 0.717) is 13.2 Å². The van der Waals surface area contributed by atoms with Crippen LogP contribution in [0.2, 0.25) is 0 Å². The van der Waals surface area contributed by atoms with Crippen LogP contribution >= 0.6 is 12.4 Å². The van der Waals surface area contributed by atoms with E-state index in [0.717, 1.165) is 6.54 Å². The number of hydrogen-bond acceptors (Lipinski definition) is 4. The van der Waals surface area contributed by atoms with Crippen molar-refractivity contribution in [3.8, 4) is 0 Å². The first-order chi connectivity index (χ1) is 5.19. The summed E-state index contributed by atoms with van der Waals surface area (Å²) in [6.07, 6.45) is 0. The molecule has 0 spiro atoms. The summed E-state index contributed by atoms with van der Waals surface area (Å²) in [6.45, 7) is 3.61. The molecule has 0 amide bonds. The number of methoxy groups -OCH3 is 1. The third-order valence-electron chi connectivity index (χ3n) is 1.78. The predicted molar refractivity (Wildman–Crippen MR) is 46.5 cm³/mol. The van der Waals surface area contributed by atoms with Gasteiger partial charge in [0.15, 0.2) is 5.60 Å². The molecule has 1 N–H and O–H groups in total. The fourth-order valence-electron chi connectivity index (χ4n) is 1.07. The molecule has 12 heavy (non-hydrogen) atoms. The molecule has 1 unspecified atom stereocenters. The third-order valence-corrected chi connectivity index (χ3v) is 1.78. The van der Waals surface area contributed by atoms with Gasteiger partial charge in [-0.15, -0.1) is 12.4 Å². The highest BCUT2D eigenvalue weighted by Crippen LogP contribution is 2.13. The molecule has 1 atom stereocenters. The number of carbonyl (C=O) groups is 1. The van der Waals surface area contributed by atoms with Gasteiger partial charge in [-0.1, -0.05) is 0 Å². The molecule has 0 aliphatic carbocycles. The Bertz CT molecular complexity index is 157. The van der Waals surface area contributed by atoms with Crippen molar-refractivity contribution in [2.75, 3.05) is 26.8 Å². The van der Waals surface area contributed by atoms with Gasteiger partial charge in [-0.05, 0) is 6.92 Å². The predicted octanol–water partition coefficient (Wildman–Crippen LogP) is -0.0403. The van der Waals surface area contributed by atoms with Gasteiger partial charge in [-0.2, -0.15) is 0 Å². The first kappa shape index (κ1) is 11.7. The summed E-state index contributed by atoms with van der Waals surface area (Å²) in [5.74, 6) is -0.315. The number of morpholine rings is 1. The first-order valence-corrected chi connectivity index (χ1v) is 3.62. The van der Waals surface area contributed by atoms with Crippen LogP contribution in [-0.2, 0) is 14.3 Å². The number of ether oxygens (including phenoxy) is 2. The third kappa shape index (κ3) is 2.33. The van der Waals surface area contributed by atoms with Gasteiger partial charge in [-0.25, -0.2) is 4.79 Å². The van der Waals surface area contributed by atoms with E-state index in [4.69, 9.17) is 4.74 Å². The SMILES string of the molecule is COC(=O)C1(C)CNCCO1.Cl. The Balaban J connectivity index is 0.00000121. The van der Waals surface area contributed by atoms with Crippen molar-refractivity contribution < 1.29 is 14.3 Å². The lowest BCUT2D eigenvalue weighted by Gasteiger charge is -2.31. The first-order valence-electron chi connectivity index (χ1n) is 3.62. The Kier molecular flexibility index (Phi) is 4.52. The van der Waals surface area contributed by atoms with E-state index in [-0.39, 0.29) is 18.4 Å². The second-order valence-corrected chi connectivity index (χ2v) is 2.75. The average molecular weight is 196 g/mol. The van der Waals surface area contributed by atoms with Crippen LogP contribution in [0.3, 0.4) is 0 Å². The number of nitrogens with one attached hydrogen (secondary N) is 1. The van der Waals surface area contributed by atoms with E-state index >= 15 is 0 Å². The van der Waals surface area contributed by atoms with Crippen molar-refractivity contribution in [3.05, 3.63) is 0 Å². The normalized spacial score (nSPS) is 28.8. The number of hydrogen-bond donors (Lipinski definition) is 1. The second-order valence-electron chi connectivity index (χ2n) is 2.75. The fraction of sp³-hybridized carbons (Fsp3) is 0.857. The standard InChI is InChI=1S/C7H13NO3.ClH/c1-7(6(9)10-2)5-8-3-4-11-7;/h8H,3-5H2,1-2H3;1H. The molecule has 5 heteroatoms. The minimum absolute atomic E-state index is 0. The molecule has 0 saturated carbocycles. The van der Waals surface area contributed by atoms with Crippen LogP contribution in [0.4, 0.5) is 0 Å². The number of esters is 1. The van der Waals surface area contributed by atoms with Crippen molar-refractivity contribution in [2.45, 2.75) is 12.5 Å². The molecule has 1 rings (SSSR count). The van der Waals surface area contributed by atoms with Gasteiger partial charge in [0, 0.05) is 13.1 Å². The zero-order chi connectivity index (χ0) is 8.32. The quantitative estimate of drug-likeness (QED) is 0.597. The summed E-state index contributed by atoms with van der Waals surface area (Å²) in [5, 5.41) is 3.06. The maximum atomic E-state index is 11.1. The molecule has 0 aromatic carbocycles. The number of halogens is 1. The van der Waals surface area contributed by atoms with E-state index < -0.39 is 5.60 Å². The summed E-state index contributed by atoms with van der Waals surface area (Å²) in [5.41, 5.74) is -0.785. The summed E-state index contributed by atoms with van der Waals surface area (Å²) in [6, 6.07) is 0. The second kappa shape index (κ2) is 4.64. The molecular formula is C7H14ClNO3. The summed E-state index contributed by atoms with van der Waals surface area (Å²) < 4.78 is 9.87. The maximum absolute atomic E-state index is 11.1. The van der Waals surface area contributed by atoms with E-state index in [1.165, 1.54) is 7.11 Å². The van der Waals surface area contributed by atoms with E-state index in [9.17, 15) is 4.79 Å². The molecule has 72 valence electrons. The van der Waals surface area contributed by atoms with Gasteiger partial charge in [0.2, 0.25) is 0 Å².